The average molecular weight is 337 g/mol. The van der Waals surface area contributed by atoms with E-state index in [9.17, 15) is 4.79 Å². The molecule has 1 fully saturated rings. The van der Waals surface area contributed by atoms with Crippen LogP contribution in [0.1, 0.15) is 55.8 Å². The van der Waals surface area contributed by atoms with Crippen LogP contribution in [0.25, 0.3) is 0 Å². The van der Waals surface area contributed by atoms with Gasteiger partial charge in [-0.3, -0.25) is 4.98 Å². The highest BCUT2D eigenvalue weighted by Gasteiger charge is 2.45. The molecule has 1 aliphatic carbocycles. The van der Waals surface area contributed by atoms with E-state index in [1.807, 2.05) is 43.3 Å². The van der Waals surface area contributed by atoms with Crippen molar-refractivity contribution in [2.75, 3.05) is 0 Å². The van der Waals surface area contributed by atoms with Crippen LogP contribution in [0.2, 0.25) is 0 Å². The van der Waals surface area contributed by atoms with Crippen LogP contribution in [0, 0.1) is 0 Å². The molecule has 2 heterocycles. The summed E-state index contributed by atoms with van der Waals surface area (Å²) in [6.07, 6.45) is 7.66. The molecule has 2 aliphatic rings. The zero-order chi connectivity index (χ0) is 17.3. The monoisotopic (exact) mass is 337 g/mol. The van der Waals surface area contributed by atoms with Gasteiger partial charge in [0.05, 0.1) is 12.1 Å². The van der Waals surface area contributed by atoms with Gasteiger partial charge in [-0.1, -0.05) is 24.3 Å². The molecule has 0 unspecified atom stereocenters. The molecule has 0 bridgehead atoms. The van der Waals surface area contributed by atoms with Gasteiger partial charge in [-0.05, 0) is 43.9 Å². The summed E-state index contributed by atoms with van der Waals surface area (Å²) < 4.78 is 6.24. The number of aromatic nitrogens is 1. The van der Waals surface area contributed by atoms with Gasteiger partial charge in [-0.25, -0.2) is 4.79 Å². The van der Waals surface area contributed by atoms with Gasteiger partial charge in [-0.2, -0.15) is 0 Å². The first kappa shape index (κ1) is 15.9. The summed E-state index contributed by atoms with van der Waals surface area (Å²) >= 11 is 0. The minimum Gasteiger partial charge on any atom is -0.487 e. The van der Waals surface area contributed by atoms with E-state index < -0.39 is 0 Å². The van der Waals surface area contributed by atoms with E-state index >= 15 is 0 Å². The molecule has 1 aliphatic heterocycles. The Morgan fingerprint density at radius 2 is 2.12 bits per heavy atom. The van der Waals surface area contributed by atoms with Gasteiger partial charge in [0.2, 0.25) is 0 Å². The van der Waals surface area contributed by atoms with Crippen LogP contribution in [-0.2, 0) is 0 Å². The first-order valence-corrected chi connectivity index (χ1v) is 8.90. The quantitative estimate of drug-likeness (QED) is 0.893. The Balaban J connectivity index is 1.47. The fourth-order valence-electron chi connectivity index (χ4n) is 3.74. The lowest BCUT2D eigenvalue weighted by atomic mass is 9.73. The van der Waals surface area contributed by atoms with E-state index in [0.717, 1.165) is 36.1 Å². The van der Waals surface area contributed by atoms with Crippen molar-refractivity contribution in [1.29, 1.82) is 0 Å². The molecule has 5 nitrogen and oxygen atoms in total. The number of carbonyl (C=O) groups excluding carboxylic acids is 1. The molecule has 5 heteroatoms. The summed E-state index contributed by atoms with van der Waals surface area (Å²) in [6, 6.07) is 11.6. The molecule has 0 radical (unpaired) electrons. The van der Waals surface area contributed by atoms with E-state index in [2.05, 4.69) is 15.6 Å². The van der Waals surface area contributed by atoms with Gasteiger partial charge in [-0.15, -0.1) is 0 Å². The van der Waals surface area contributed by atoms with Crippen LogP contribution in [0.15, 0.2) is 48.8 Å². The lowest BCUT2D eigenvalue weighted by Crippen LogP contribution is -2.51. The Kier molecular flexibility index (Phi) is 4.07. The van der Waals surface area contributed by atoms with Crippen molar-refractivity contribution in [3.63, 3.8) is 0 Å². The largest absolute Gasteiger partial charge is 0.487 e. The third-order valence-electron chi connectivity index (χ3n) is 5.30. The maximum atomic E-state index is 12.5. The second kappa shape index (κ2) is 6.39. The molecule has 4 rings (SSSR count). The number of benzene rings is 1. The Bertz CT molecular complexity index is 759. The highest BCUT2D eigenvalue weighted by molar-refractivity contribution is 5.75. The zero-order valence-electron chi connectivity index (χ0n) is 14.4. The summed E-state index contributed by atoms with van der Waals surface area (Å²) in [4.78, 5) is 16.6. The highest BCUT2D eigenvalue weighted by atomic mass is 16.5. The number of para-hydroxylation sites is 1. The standard InChI is InChI=1S/C20H23N3O2/c1-14(15-6-4-11-21-13-15)22-19(24)23-17-12-20(9-5-10-20)25-18-8-3-2-7-16(17)18/h2-4,6-8,11,13-14,17H,5,9-10,12H2,1H3,(H2,22,23,24)/t14-,17-/m0/s1. The molecule has 1 aromatic heterocycles. The molecule has 0 saturated heterocycles. The average Bonchev–Trinajstić information content (AvgIpc) is 2.61. The fourth-order valence-corrected chi connectivity index (χ4v) is 3.74. The molecule has 1 spiro atoms. The molecular weight excluding hydrogens is 314 g/mol. The highest BCUT2D eigenvalue weighted by Crippen LogP contribution is 2.48. The normalized spacial score (nSPS) is 21.4. The summed E-state index contributed by atoms with van der Waals surface area (Å²) in [5.41, 5.74) is 1.95. The third kappa shape index (κ3) is 3.18. The van der Waals surface area contributed by atoms with Crippen molar-refractivity contribution < 1.29 is 9.53 Å². The lowest BCUT2D eigenvalue weighted by molar-refractivity contribution is -0.0355. The molecular formula is C20H23N3O2. The van der Waals surface area contributed by atoms with Crippen LogP contribution in [-0.4, -0.2) is 16.6 Å². The summed E-state index contributed by atoms with van der Waals surface area (Å²) in [5.74, 6) is 0.902. The molecule has 2 aromatic rings. The van der Waals surface area contributed by atoms with Crippen LogP contribution in [0.5, 0.6) is 5.75 Å². The maximum absolute atomic E-state index is 12.5. The number of hydrogen-bond donors (Lipinski definition) is 2. The predicted molar refractivity (Wildman–Crippen MR) is 95.3 cm³/mol. The van der Waals surface area contributed by atoms with Crippen molar-refractivity contribution in [3.05, 3.63) is 59.9 Å². The number of amides is 2. The van der Waals surface area contributed by atoms with E-state index in [-0.39, 0.29) is 23.7 Å². The SMILES string of the molecule is C[C@H](NC(=O)N[C@H]1CC2(CCC2)Oc2ccccc21)c1cccnc1. The number of ether oxygens (including phenoxy) is 1. The second-order valence-corrected chi connectivity index (χ2v) is 7.06. The van der Waals surface area contributed by atoms with Crippen molar-refractivity contribution in [2.45, 2.75) is 50.3 Å². The number of nitrogens with one attached hydrogen (secondary N) is 2. The number of nitrogens with zero attached hydrogens (tertiary/aromatic N) is 1. The van der Waals surface area contributed by atoms with Crippen molar-refractivity contribution in [3.8, 4) is 5.75 Å². The maximum Gasteiger partial charge on any atom is 0.315 e. The van der Waals surface area contributed by atoms with Gasteiger partial charge >= 0.3 is 6.03 Å². The van der Waals surface area contributed by atoms with Gasteiger partial charge in [0, 0.05) is 24.4 Å². The number of pyridine rings is 1. The van der Waals surface area contributed by atoms with Gasteiger partial charge < -0.3 is 15.4 Å². The molecule has 130 valence electrons. The zero-order valence-corrected chi connectivity index (χ0v) is 14.4. The molecule has 1 saturated carbocycles. The number of fused-ring (bicyclic) bond motifs is 1. The number of carbonyl (C=O) groups is 1. The van der Waals surface area contributed by atoms with Crippen LogP contribution >= 0.6 is 0 Å². The first-order valence-electron chi connectivity index (χ1n) is 8.90. The van der Waals surface area contributed by atoms with Crippen molar-refractivity contribution in [1.82, 2.24) is 15.6 Å². The Hall–Kier alpha value is -2.56. The number of urea groups is 1. The minimum absolute atomic E-state index is 0.0219. The summed E-state index contributed by atoms with van der Waals surface area (Å²) in [7, 11) is 0. The minimum atomic E-state index is -0.160. The van der Waals surface area contributed by atoms with E-state index in [0.29, 0.717) is 0 Å². The summed E-state index contributed by atoms with van der Waals surface area (Å²) in [5, 5.41) is 6.16. The van der Waals surface area contributed by atoms with Gasteiger partial charge in [0.25, 0.3) is 0 Å². The van der Waals surface area contributed by atoms with Crippen LogP contribution in [0.3, 0.4) is 0 Å². The van der Waals surface area contributed by atoms with Crippen molar-refractivity contribution in [2.24, 2.45) is 0 Å². The second-order valence-electron chi connectivity index (χ2n) is 7.06. The molecule has 1 aromatic carbocycles. The van der Waals surface area contributed by atoms with Crippen LogP contribution < -0.4 is 15.4 Å². The summed E-state index contributed by atoms with van der Waals surface area (Å²) in [6.45, 7) is 1.96. The molecule has 2 amide bonds. The van der Waals surface area contributed by atoms with E-state index in [1.54, 1.807) is 12.4 Å². The van der Waals surface area contributed by atoms with Crippen LogP contribution in [0.4, 0.5) is 4.79 Å². The predicted octanol–water partition coefficient (Wildman–Crippen LogP) is 3.89. The molecule has 2 N–H and O–H groups in total. The Labute approximate surface area is 147 Å². The molecule has 2 atom stereocenters. The number of rotatable bonds is 3. The van der Waals surface area contributed by atoms with Crippen molar-refractivity contribution >= 4 is 6.03 Å². The Morgan fingerprint density at radius 3 is 2.84 bits per heavy atom. The third-order valence-corrected chi connectivity index (χ3v) is 5.30. The smallest absolute Gasteiger partial charge is 0.315 e. The van der Waals surface area contributed by atoms with E-state index in [4.69, 9.17) is 4.74 Å². The Morgan fingerprint density at radius 1 is 1.28 bits per heavy atom. The fraction of sp³-hybridized carbons (Fsp3) is 0.400. The van der Waals surface area contributed by atoms with E-state index in [1.165, 1.54) is 6.42 Å². The first-order chi connectivity index (χ1) is 12.2. The van der Waals surface area contributed by atoms with Gasteiger partial charge in [0.1, 0.15) is 11.4 Å². The topological polar surface area (TPSA) is 63.2 Å². The van der Waals surface area contributed by atoms with Gasteiger partial charge in [0.15, 0.2) is 0 Å². The number of hydrogen-bond acceptors (Lipinski definition) is 3. The molecule has 25 heavy (non-hydrogen) atoms. The lowest BCUT2D eigenvalue weighted by Gasteiger charge is -2.48.